The van der Waals surface area contributed by atoms with E-state index in [-0.39, 0.29) is 5.91 Å². The zero-order valence-electron chi connectivity index (χ0n) is 20.5. The number of amides is 2. The molecule has 7 heteroatoms. The number of benzene rings is 2. The van der Waals surface area contributed by atoms with Gasteiger partial charge in [-0.3, -0.25) is 14.5 Å². The molecule has 2 heterocycles. The second-order valence-electron chi connectivity index (χ2n) is 9.81. The normalized spacial score (nSPS) is 24.4. The van der Waals surface area contributed by atoms with E-state index >= 15 is 0 Å². The van der Waals surface area contributed by atoms with Gasteiger partial charge in [0, 0.05) is 44.1 Å². The molecule has 1 radical (unpaired) electrons. The second-order valence-corrected chi connectivity index (χ2v) is 9.81. The Labute approximate surface area is 201 Å². The number of nitrogens with zero attached hydrogens (tertiary/aromatic N) is 2. The Balaban J connectivity index is 1.76. The average molecular weight is 465 g/mol. The molecule has 0 saturated carbocycles. The van der Waals surface area contributed by atoms with Gasteiger partial charge in [-0.15, -0.1) is 0 Å². The van der Waals surface area contributed by atoms with Crippen LogP contribution in [0, 0.1) is 12.0 Å². The second kappa shape index (κ2) is 9.39. The summed E-state index contributed by atoms with van der Waals surface area (Å²) < 4.78 is 11.5. The number of ether oxygens (including phenoxy) is 2. The maximum atomic E-state index is 12.9. The van der Waals surface area contributed by atoms with Crippen LogP contribution in [0.2, 0.25) is 0 Å². The summed E-state index contributed by atoms with van der Waals surface area (Å²) in [6.45, 7) is 11.9. The Hall–Kier alpha value is -2.90. The van der Waals surface area contributed by atoms with Gasteiger partial charge < -0.3 is 20.1 Å². The highest BCUT2D eigenvalue weighted by molar-refractivity contribution is 5.98. The molecule has 1 saturated heterocycles. The third-order valence-electron chi connectivity index (χ3n) is 7.30. The summed E-state index contributed by atoms with van der Waals surface area (Å²) in [5.74, 6) is -0.681. The first-order chi connectivity index (χ1) is 16.2. The molecule has 2 aliphatic heterocycles. The molecule has 7 nitrogen and oxygen atoms in total. The lowest BCUT2D eigenvalue weighted by Crippen LogP contribution is -2.65. The first-order valence-electron chi connectivity index (χ1n) is 11.8. The Morgan fingerprint density at radius 1 is 1.18 bits per heavy atom. The van der Waals surface area contributed by atoms with E-state index in [2.05, 4.69) is 11.0 Å². The predicted octanol–water partition coefficient (Wildman–Crippen LogP) is 2.75. The highest BCUT2D eigenvalue weighted by Crippen LogP contribution is 2.54. The molecule has 2 N–H and O–H groups in total. The Bertz CT molecular complexity index is 1050. The first-order valence-corrected chi connectivity index (χ1v) is 11.8. The van der Waals surface area contributed by atoms with Gasteiger partial charge in [0.1, 0.15) is 12.4 Å². The molecule has 2 amide bonds. The molecule has 4 rings (SSSR count). The SMILES string of the molecule is CC(=O)N1c2cc(OCCN3CCOCC3)[c]cc2C(C)(c2ccccc2)C(C(N)=O)C1(C)C. The number of nitrogens with two attached hydrogens (primary N) is 1. The van der Waals surface area contributed by atoms with Gasteiger partial charge in [0.2, 0.25) is 11.8 Å². The quantitative estimate of drug-likeness (QED) is 0.711. The van der Waals surface area contributed by atoms with Gasteiger partial charge in [-0.1, -0.05) is 37.3 Å². The predicted molar refractivity (Wildman–Crippen MR) is 131 cm³/mol. The fraction of sp³-hybridized carbons (Fsp3) is 0.481. The molecule has 2 aliphatic rings. The van der Waals surface area contributed by atoms with Gasteiger partial charge in [0.25, 0.3) is 0 Å². The topological polar surface area (TPSA) is 85.1 Å². The largest absolute Gasteiger partial charge is 0.492 e. The summed E-state index contributed by atoms with van der Waals surface area (Å²) >= 11 is 0. The molecule has 181 valence electrons. The van der Waals surface area contributed by atoms with Crippen molar-refractivity contribution in [2.75, 3.05) is 44.4 Å². The zero-order valence-corrected chi connectivity index (χ0v) is 20.5. The van der Waals surface area contributed by atoms with Crippen LogP contribution in [-0.2, 0) is 19.7 Å². The molecule has 1 fully saturated rings. The molecular formula is C27H34N3O4. The molecule has 0 spiro atoms. The minimum atomic E-state index is -0.859. The number of carbonyl (C=O) groups is 2. The fourth-order valence-electron chi connectivity index (χ4n) is 5.87. The molecule has 0 bridgehead atoms. The molecule has 2 atom stereocenters. The number of hydrogen-bond acceptors (Lipinski definition) is 5. The summed E-state index contributed by atoms with van der Waals surface area (Å²) in [5, 5.41) is 0. The summed E-state index contributed by atoms with van der Waals surface area (Å²) in [7, 11) is 0. The lowest BCUT2D eigenvalue weighted by atomic mass is 9.57. The zero-order chi connectivity index (χ0) is 24.5. The van der Waals surface area contributed by atoms with Crippen molar-refractivity contribution >= 4 is 17.5 Å². The molecule has 0 aliphatic carbocycles. The van der Waals surface area contributed by atoms with Crippen LogP contribution in [0.15, 0.2) is 42.5 Å². The standard InChI is InChI=1S/C27H34N3O4/c1-19(31)30-23-18-21(34-17-14-29-12-15-33-16-13-29)10-11-22(23)27(4,20-8-6-5-7-9-20)24(25(28)32)26(30,2)3/h5-9,11,18,24H,12-17H2,1-4H3,(H2,28,32). The van der Waals surface area contributed by atoms with Crippen molar-refractivity contribution in [3.05, 3.63) is 59.7 Å². The number of hydrogen-bond donors (Lipinski definition) is 1. The van der Waals surface area contributed by atoms with E-state index in [1.54, 1.807) is 4.90 Å². The highest BCUT2D eigenvalue weighted by atomic mass is 16.5. The monoisotopic (exact) mass is 464 g/mol. The molecule has 2 unspecified atom stereocenters. The van der Waals surface area contributed by atoms with Crippen molar-refractivity contribution in [3.8, 4) is 5.75 Å². The van der Waals surface area contributed by atoms with Crippen LogP contribution in [-0.4, -0.2) is 61.7 Å². The Kier molecular flexibility index (Phi) is 6.69. The van der Waals surface area contributed by atoms with E-state index in [9.17, 15) is 9.59 Å². The van der Waals surface area contributed by atoms with Crippen molar-refractivity contribution in [2.24, 2.45) is 11.7 Å². The van der Waals surface area contributed by atoms with Crippen LogP contribution in [0.3, 0.4) is 0 Å². The number of primary amides is 1. The van der Waals surface area contributed by atoms with Crippen molar-refractivity contribution in [3.63, 3.8) is 0 Å². The number of fused-ring (bicyclic) bond motifs is 1. The third kappa shape index (κ3) is 4.18. The Morgan fingerprint density at radius 2 is 1.85 bits per heavy atom. The van der Waals surface area contributed by atoms with Crippen LogP contribution in [0.1, 0.15) is 38.8 Å². The Morgan fingerprint density at radius 3 is 2.47 bits per heavy atom. The summed E-state index contributed by atoms with van der Waals surface area (Å²) in [6.07, 6.45) is 0. The first kappa shape index (κ1) is 24.2. The van der Waals surface area contributed by atoms with Gasteiger partial charge in [0.15, 0.2) is 0 Å². The smallest absolute Gasteiger partial charge is 0.224 e. The van der Waals surface area contributed by atoms with Gasteiger partial charge in [0.05, 0.1) is 30.4 Å². The van der Waals surface area contributed by atoms with E-state index < -0.39 is 22.8 Å². The van der Waals surface area contributed by atoms with E-state index in [0.717, 1.165) is 49.7 Å². The van der Waals surface area contributed by atoms with Gasteiger partial charge in [-0.25, -0.2) is 0 Å². The molecule has 0 aromatic heterocycles. The van der Waals surface area contributed by atoms with Crippen molar-refractivity contribution in [1.82, 2.24) is 4.90 Å². The van der Waals surface area contributed by atoms with E-state index in [1.807, 2.05) is 63.2 Å². The fourth-order valence-corrected chi connectivity index (χ4v) is 5.87. The molecule has 2 aromatic carbocycles. The third-order valence-corrected chi connectivity index (χ3v) is 7.30. The number of carbonyl (C=O) groups excluding carboxylic acids is 2. The lowest BCUT2D eigenvalue weighted by molar-refractivity contribution is -0.127. The highest BCUT2D eigenvalue weighted by Gasteiger charge is 2.57. The van der Waals surface area contributed by atoms with Gasteiger partial charge in [-0.2, -0.15) is 0 Å². The molecule has 2 aromatic rings. The van der Waals surface area contributed by atoms with E-state index in [0.29, 0.717) is 12.4 Å². The van der Waals surface area contributed by atoms with Gasteiger partial charge in [-0.05, 0) is 31.0 Å². The number of rotatable bonds is 6. The van der Waals surface area contributed by atoms with Crippen molar-refractivity contribution in [1.29, 1.82) is 0 Å². The van der Waals surface area contributed by atoms with Crippen LogP contribution < -0.4 is 15.4 Å². The summed E-state index contributed by atoms with van der Waals surface area (Å²) in [6, 6.07) is 16.8. The average Bonchev–Trinajstić information content (AvgIpc) is 2.79. The molecule has 34 heavy (non-hydrogen) atoms. The maximum Gasteiger partial charge on any atom is 0.224 e. The van der Waals surface area contributed by atoms with Gasteiger partial charge >= 0.3 is 0 Å². The summed E-state index contributed by atoms with van der Waals surface area (Å²) in [4.78, 5) is 29.8. The number of anilines is 1. The van der Waals surface area contributed by atoms with Crippen LogP contribution in [0.5, 0.6) is 5.75 Å². The van der Waals surface area contributed by atoms with Crippen LogP contribution in [0.4, 0.5) is 5.69 Å². The maximum absolute atomic E-state index is 12.9. The molecular weight excluding hydrogens is 430 g/mol. The number of morpholine rings is 1. The minimum absolute atomic E-state index is 0.155. The summed E-state index contributed by atoms with van der Waals surface area (Å²) in [5.41, 5.74) is 6.93. The van der Waals surface area contributed by atoms with E-state index in [1.165, 1.54) is 6.92 Å². The van der Waals surface area contributed by atoms with Crippen LogP contribution in [0.25, 0.3) is 0 Å². The van der Waals surface area contributed by atoms with E-state index in [4.69, 9.17) is 15.2 Å². The van der Waals surface area contributed by atoms with Crippen LogP contribution >= 0.6 is 0 Å². The minimum Gasteiger partial charge on any atom is -0.492 e. The van der Waals surface area contributed by atoms with Crippen molar-refractivity contribution < 1.29 is 19.1 Å². The van der Waals surface area contributed by atoms with Crippen molar-refractivity contribution in [2.45, 2.75) is 38.6 Å². The lowest BCUT2D eigenvalue weighted by Gasteiger charge is -2.55.